The van der Waals surface area contributed by atoms with Crippen molar-refractivity contribution in [3.8, 4) is 11.8 Å². The van der Waals surface area contributed by atoms with Crippen LogP contribution in [-0.4, -0.2) is 30.9 Å². The minimum absolute atomic E-state index is 0.145. The first-order valence-corrected chi connectivity index (χ1v) is 7.75. The third-order valence-electron chi connectivity index (χ3n) is 3.21. The van der Waals surface area contributed by atoms with E-state index in [0.29, 0.717) is 23.7 Å². The van der Waals surface area contributed by atoms with Crippen molar-refractivity contribution in [2.75, 3.05) is 20.1 Å². The Morgan fingerprint density at radius 3 is 2.48 bits per heavy atom. The van der Waals surface area contributed by atoms with Crippen molar-refractivity contribution >= 4 is 17.5 Å². The predicted molar refractivity (Wildman–Crippen MR) is 94.3 cm³/mol. The van der Waals surface area contributed by atoms with Gasteiger partial charge in [0.2, 0.25) is 0 Å². The molecule has 118 valence electrons. The van der Waals surface area contributed by atoms with Gasteiger partial charge in [0.05, 0.1) is 13.1 Å². The standard InChI is InChI=1S/C19H19ClN2O/c1-22(15-16-7-3-2-4-8-16)14-6-5-13-21-19(23)17-9-11-18(20)12-10-17/h2-4,7-12H,13-15H2,1H3,(H,21,23). The van der Waals surface area contributed by atoms with Crippen LogP contribution in [0.2, 0.25) is 5.02 Å². The average Bonchev–Trinajstić information content (AvgIpc) is 2.56. The summed E-state index contributed by atoms with van der Waals surface area (Å²) in [7, 11) is 2.02. The van der Waals surface area contributed by atoms with E-state index in [1.165, 1.54) is 5.56 Å². The van der Waals surface area contributed by atoms with Gasteiger partial charge in [0.1, 0.15) is 0 Å². The van der Waals surface area contributed by atoms with Crippen LogP contribution in [0.1, 0.15) is 15.9 Å². The van der Waals surface area contributed by atoms with E-state index in [4.69, 9.17) is 11.6 Å². The molecule has 0 heterocycles. The molecule has 0 aromatic heterocycles. The summed E-state index contributed by atoms with van der Waals surface area (Å²) in [5.41, 5.74) is 1.84. The first kappa shape index (κ1) is 17.1. The normalized spacial score (nSPS) is 10.0. The Kier molecular flexibility index (Phi) is 6.68. The monoisotopic (exact) mass is 326 g/mol. The van der Waals surface area contributed by atoms with Gasteiger partial charge in [-0.05, 0) is 36.9 Å². The van der Waals surface area contributed by atoms with Crippen LogP contribution in [0.5, 0.6) is 0 Å². The Morgan fingerprint density at radius 2 is 1.78 bits per heavy atom. The minimum Gasteiger partial charge on any atom is -0.341 e. The summed E-state index contributed by atoms with van der Waals surface area (Å²) in [5, 5.41) is 3.38. The zero-order chi connectivity index (χ0) is 16.5. The Morgan fingerprint density at radius 1 is 1.09 bits per heavy atom. The van der Waals surface area contributed by atoms with Gasteiger partial charge in [-0.1, -0.05) is 53.8 Å². The van der Waals surface area contributed by atoms with Crippen molar-refractivity contribution in [3.63, 3.8) is 0 Å². The van der Waals surface area contributed by atoms with Crippen molar-refractivity contribution in [2.45, 2.75) is 6.54 Å². The lowest BCUT2D eigenvalue weighted by atomic mass is 10.2. The van der Waals surface area contributed by atoms with Crippen LogP contribution in [0.4, 0.5) is 0 Å². The molecule has 1 amide bonds. The third kappa shape index (κ3) is 6.15. The van der Waals surface area contributed by atoms with E-state index in [-0.39, 0.29) is 5.91 Å². The summed E-state index contributed by atoms with van der Waals surface area (Å²) in [4.78, 5) is 14.0. The molecule has 23 heavy (non-hydrogen) atoms. The predicted octanol–water partition coefficient (Wildman–Crippen LogP) is 3.21. The second kappa shape index (κ2) is 8.99. The van der Waals surface area contributed by atoms with Crippen LogP contribution in [0, 0.1) is 11.8 Å². The van der Waals surface area contributed by atoms with E-state index in [9.17, 15) is 4.79 Å². The number of rotatable bonds is 5. The number of nitrogens with one attached hydrogen (secondary N) is 1. The zero-order valence-electron chi connectivity index (χ0n) is 13.1. The Bertz CT molecular complexity index is 687. The molecule has 0 unspecified atom stereocenters. The number of nitrogens with zero attached hydrogens (tertiary/aromatic N) is 1. The van der Waals surface area contributed by atoms with Gasteiger partial charge in [0.25, 0.3) is 5.91 Å². The fourth-order valence-electron chi connectivity index (χ4n) is 2.03. The van der Waals surface area contributed by atoms with E-state index >= 15 is 0 Å². The van der Waals surface area contributed by atoms with Gasteiger partial charge >= 0.3 is 0 Å². The van der Waals surface area contributed by atoms with Crippen molar-refractivity contribution < 1.29 is 4.79 Å². The van der Waals surface area contributed by atoms with Gasteiger partial charge < -0.3 is 5.32 Å². The molecular weight excluding hydrogens is 308 g/mol. The highest BCUT2D eigenvalue weighted by Crippen LogP contribution is 2.09. The van der Waals surface area contributed by atoms with Crippen LogP contribution in [-0.2, 0) is 6.54 Å². The van der Waals surface area contributed by atoms with E-state index in [1.54, 1.807) is 24.3 Å². The number of halogens is 1. The molecule has 0 aliphatic rings. The molecule has 0 saturated heterocycles. The first-order valence-electron chi connectivity index (χ1n) is 7.37. The summed E-state index contributed by atoms with van der Waals surface area (Å²) < 4.78 is 0. The lowest BCUT2D eigenvalue weighted by Gasteiger charge is -2.12. The molecule has 0 bridgehead atoms. The number of carbonyl (C=O) groups excluding carboxylic acids is 1. The van der Waals surface area contributed by atoms with E-state index < -0.39 is 0 Å². The molecule has 2 rings (SSSR count). The van der Waals surface area contributed by atoms with E-state index in [0.717, 1.165) is 6.54 Å². The maximum atomic E-state index is 11.9. The molecular formula is C19H19ClN2O. The fourth-order valence-corrected chi connectivity index (χ4v) is 2.16. The molecule has 1 N–H and O–H groups in total. The fraction of sp³-hybridized carbons (Fsp3) is 0.211. The maximum absolute atomic E-state index is 11.9. The van der Waals surface area contributed by atoms with Crippen molar-refractivity contribution in [1.82, 2.24) is 10.2 Å². The van der Waals surface area contributed by atoms with Gasteiger partial charge in [-0.25, -0.2) is 0 Å². The molecule has 0 fully saturated rings. The maximum Gasteiger partial charge on any atom is 0.252 e. The SMILES string of the molecule is CN(CC#CCNC(=O)c1ccc(Cl)cc1)Cc1ccccc1. The van der Waals surface area contributed by atoms with Crippen molar-refractivity contribution in [3.05, 3.63) is 70.7 Å². The lowest BCUT2D eigenvalue weighted by molar-refractivity contribution is 0.0958. The molecule has 0 radical (unpaired) electrons. The van der Waals surface area contributed by atoms with Crippen molar-refractivity contribution in [1.29, 1.82) is 0 Å². The van der Waals surface area contributed by atoms with E-state index in [2.05, 4.69) is 34.2 Å². The Labute approximate surface area is 142 Å². The van der Waals surface area contributed by atoms with Gasteiger partial charge in [0.15, 0.2) is 0 Å². The van der Waals surface area contributed by atoms with Crippen LogP contribution in [0.25, 0.3) is 0 Å². The molecule has 0 spiro atoms. The summed E-state index contributed by atoms with van der Waals surface area (Å²) in [6, 6.07) is 17.0. The molecule has 0 aliphatic heterocycles. The molecule has 3 nitrogen and oxygen atoms in total. The average molecular weight is 327 g/mol. The van der Waals surface area contributed by atoms with Gasteiger partial charge in [-0.2, -0.15) is 0 Å². The highest BCUT2D eigenvalue weighted by molar-refractivity contribution is 6.30. The minimum atomic E-state index is -0.145. The second-order valence-electron chi connectivity index (χ2n) is 5.20. The number of benzene rings is 2. The van der Waals surface area contributed by atoms with Crippen LogP contribution >= 0.6 is 11.6 Å². The largest absolute Gasteiger partial charge is 0.341 e. The van der Waals surface area contributed by atoms with Crippen molar-refractivity contribution in [2.24, 2.45) is 0 Å². The smallest absolute Gasteiger partial charge is 0.252 e. The van der Waals surface area contributed by atoms with Crippen LogP contribution in [0.15, 0.2) is 54.6 Å². The second-order valence-corrected chi connectivity index (χ2v) is 5.64. The number of hydrogen-bond acceptors (Lipinski definition) is 2. The first-order chi connectivity index (χ1) is 11.1. The highest BCUT2D eigenvalue weighted by Gasteiger charge is 2.02. The van der Waals surface area contributed by atoms with E-state index in [1.807, 2.05) is 25.2 Å². The third-order valence-corrected chi connectivity index (χ3v) is 3.47. The number of carbonyl (C=O) groups is 1. The topological polar surface area (TPSA) is 32.3 Å². The quantitative estimate of drug-likeness (QED) is 0.856. The summed E-state index contributed by atoms with van der Waals surface area (Å²) in [6.07, 6.45) is 0. The zero-order valence-corrected chi connectivity index (χ0v) is 13.8. The lowest BCUT2D eigenvalue weighted by Crippen LogP contribution is -2.24. The number of hydrogen-bond donors (Lipinski definition) is 1. The summed E-state index contributed by atoms with van der Waals surface area (Å²) in [6.45, 7) is 1.85. The van der Waals surface area contributed by atoms with Gasteiger partial charge in [-0.3, -0.25) is 9.69 Å². The summed E-state index contributed by atoms with van der Waals surface area (Å²) >= 11 is 5.79. The van der Waals surface area contributed by atoms with Gasteiger partial charge in [0, 0.05) is 17.1 Å². The number of amides is 1. The molecule has 0 saturated carbocycles. The van der Waals surface area contributed by atoms with Crippen LogP contribution < -0.4 is 5.32 Å². The Balaban J connectivity index is 1.71. The molecule has 4 heteroatoms. The van der Waals surface area contributed by atoms with Gasteiger partial charge in [-0.15, -0.1) is 0 Å². The highest BCUT2D eigenvalue weighted by atomic mass is 35.5. The van der Waals surface area contributed by atoms with Crippen LogP contribution in [0.3, 0.4) is 0 Å². The molecule has 0 aliphatic carbocycles. The molecule has 2 aromatic rings. The summed E-state index contributed by atoms with van der Waals surface area (Å²) in [5.74, 6) is 5.88. The molecule has 0 atom stereocenters. The molecule has 2 aromatic carbocycles. The Hall–Kier alpha value is -2.28.